The number of halogens is 3. The van der Waals surface area contributed by atoms with Crippen molar-refractivity contribution in [3.8, 4) is 17.3 Å². The molecule has 2 bridgehead atoms. The fraction of sp³-hybridized carbons (Fsp3) is 0.429. The molecule has 3 saturated carbocycles. The first kappa shape index (κ1) is 23.9. The molecule has 1 N–H and O–H groups in total. The molecule has 8 heteroatoms. The van der Waals surface area contributed by atoms with E-state index in [9.17, 15) is 9.50 Å². The van der Waals surface area contributed by atoms with Gasteiger partial charge in [0.05, 0.1) is 40.0 Å². The highest BCUT2D eigenvalue weighted by Crippen LogP contribution is 2.56. The highest BCUT2D eigenvalue weighted by Gasteiger charge is 2.55. The molecule has 2 aromatic carbocycles. The zero-order chi connectivity index (χ0) is 25.0. The van der Waals surface area contributed by atoms with Crippen molar-refractivity contribution in [1.29, 1.82) is 5.26 Å². The Hall–Kier alpha value is -2.43. The van der Waals surface area contributed by atoms with Gasteiger partial charge < -0.3 is 14.4 Å². The normalized spacial score (nSPS) is 27.2. The van der Waals surface area contributed by atoms with Gasteiger partial charge in [-0.15, -0.1) is 0 Å². The Morgan fingerprint density at radius 2 is 1.81 bits per heavy atom. The lowest BCUT2D eigenvalue weighted by molar-refractivity contribution is -0.117. The molecule has 36 heavy (non-hydrogen) atoms. The number of aromatic nitrogens is 1. The average molecular weight is 527 g/mol. The number of fused-ring (bicyclic) bond motifs is 2. The van der Waals surface area contributed by atoms with Crippen molar-refractivity contribution in [2.75, 3.05) is 0 Å². The van der Waals surface area contributed by atoms with Crippen LogP contribution in [0.2, 0.25) is 10.0 Å². The molecule has 1 heterocycles. The summed E-state index contributed by atoms with van der Waals surface area (Å²) in [5.41, 5.74) is 1.42. The molecule has 6 rings (SSSR count). The third kappa shape index (κ3) is 3.94. The summed E-state index contributed by atoms with van der Waals surface area (Å²) < 4.78 is 27.1. The minimum Gasteiger partial charge on any atom is -0.384 e. The van der Waals surface area contributed by atoms with Crippen LogP contribution in [0, 0.1) is 29.0 Å². The third-order valence-corrected chi connectivity index (χ3v) is 8.79. The summed E-state index contributed by atoms with van der Waals surface area (Å²) in [5.74, 6) is 0.403. The van der Waals surface area contributed by atoms with E-state index in [4.69, 9.17) is 37.7 Å². The quantitative estimate of drug-likeness (QED) is 0.369. The van der Waals surface area contributed by atoms with Crippen LogP contribution in [0.25, 0.3) is 11.3 Å². The van der Waals surface area contributed by atoms with Gasteiger partial charge in [0.1, 0.15) is 17.3 Å². The molecular weight excluding hydrogens is 502 g/mol. The predicted octanol–water partition coefficient (Wildman–Crippen LogP) is 7.13. The summed E-state index contributed by atoms with van der Waals surface area (Å²) in [6.45, 7) is 0.306. The summed E-state index contributed by atoms with van der Waals surface area (Å²) in [4.78, 5) is 0. The van der Waals surface area contributed by atoms with Crippen molar-refractivity contribution in [1.82, 2.24) is 5.16 Å². The maximum absolute atomic E-state index is 14.9. The first-order chi connectivity index (χ1) is 17.4. The molecule has 1 aromatic heterocycles. The van der Waals surface area contributed by atoms with Gasteiger partial charge >= 0.3 is 0 Å². The lowest BCUT2D eigenvalue weighted by atomic mass is 9.69. The zero-order valence-corrected chi connectivity index (χ0v) is 21.0. The van der Waals surface area contributed by atoms with E-state index in [1.807, 2.05) is 6.07 Å². The lowest BCUT2D eigenvalue weighted by Gasteiger charge is -2.43. The number of ether oxygens (including phenoxy) is 1. The van der Waals surface area contributed by atoms with Crippen LogP contribution in [-0.4, -0.2) is 16.4 Å². The van der Waals surface area contributed by atoms with E-state index in [1.165, 1.54) is 6.07 Å². The molecule has 0 spiro atoms. The molecule has 3 aliphatic carbocycles. The minimum atomic E-state index is -1.25. The van der Waals surface area contributed by atoms with Crippen LogP contribution in [0.4, 0.5) is 4.39 Å². The second kappa shape index (κ2) is 9.15. The van der Waals surface area contributed by atoms with E-state index in [0.717, 1.165) is 37.0 Å². The predicted molar refractivity (Wildman–Crippen MR) is 133 cm³/mol. The van der Waals surface area contributed by atoms with Crippen LogP contribution in [0.15, 0.2) is 40.9 Å². The van der Waals surface area contributed by atoms with Gasteiger partial charge in [0.15, 0.2) is 0 Å². The lowest BCUT2D eigenvalue weighted by Crippen LogP contribution is -2.45. The fourth-order valence-electron chi connectivity index (χ4n) is 6.24. The Balaban J connectivity index is 1.24. The van der Waals surface area contributed by atoms with Gasteiger partial charge in [0.2, 0.25) is 0 Å². The summed E-state index contributed by atoms with van der Waals surface area (Å²) in [6, 6.07) is 11.7. The van der Waals surface area contributed by atoms with E-state index >= 15 is 0 Å². The molecule has 3 unspecified atom stereocenters. The average Bonchev–Trinajstić information content (AvgIpc) is 3.60. The molecule has 3 fully saturated rings. The van der Waals surface area contributed by atoms with Gasteiger partial charge in [-0.1, -0.05) is 40.5 Å². The molecule has 5 nitrogen and oxygen atoms in total. The van der Waals surface area contributed by atoms with E-state index in [0.29, 0.717) is 46.7 Å². The maximum Gasteiger partial charge on any atom is 0.145 e. The van der Waals surface area contributed by atoms with Crippen LogP contribution < -0.4 is 0 Å². The van der Waals surface area contributed by atoms with Gasteiger partial charge in [-0.3, -0.25) is 0 Å². The van der Waals surface area contributed by atoms with Crippen LogP contribution in [-0.2, 0) is 16.9 Å². The molecule has 0 aliphatic heterocycles. The van der Waals surface area contributed by atoms with Crippen molar-refractivity contribution >= 4 is 23.2 Å². The van der Waals surface area contributed by atoms with Crippen molar-refractivity contribution in [2.45, 2.75) is 62.8 Å². The van der Waals surface area contributed by atoms with Gasteiger partial charge in [-0.25, -0.2) is 4.39 Å². The van der Waals surface area contributed by atoms with Gasteiger partial charge in [-0.05, 0) is 74.6 Å². The first-order valence-corrected chi connectivity index (χ1v) is 13.1. The SMILES string of the molecule is N#Cc1ccc(C2(O)C3CC[C@@H]2CC(OCc2c(-c4c(Cl)cccc4Cl)noc2C2CC2)C3)c(F)c1. The Morgan fingerprint density at radius 1 is 1.11 bits per heavy atom. The smallest absolute Gasteiger partial charge is 0.145 e. The number of nitrogens with zero attached hydrogens (tertiary/aromatic N) is 2. The number of hydrogen-bond acceptors (Lipinski definition) is 5. The van der Waals surface area contributed by atoms with Crippen molar-refractivity contribution in [3.05, 3.63) is 74.7 Å². The molecular formula is C28H25Cl2FN2O3. The highest BCUT2D eigenvalue weighted by atomic mass is 35.5. The molecule has 0 radical (unpaired) electrons. The molecule has 0 amide bonds. The monoisotopic (exact) mass is 526 g/mol. The molecule has 3 aliphatic rings. The van der Waals surface area contributed by atoms with Crippen molar-refractivity contribution in [2.24, 2.45) is 11.8 Å². The van der Waals surface area contributed by atoms with Crippen molar-refractivity contribution < 1.29 is 18.8 Å². The number of aliphatic hydroxyl groups is 1. The summed E-state index contributed by atoms with van der Waals surface area (Å²) in [7, 11) is 0. The summed E-state index contributed by atoms with van der Waals surface area (Å²) in [6.07, 6.45) is 4.88. The highest BCUT2D eigenvalue weighted by molar-refractivity contribution is 6.39. The Kier molecular flexibility index (Phi) is 6.08. The minimum absolute atomic E-state index is 0.0826. The van der Waals surface area contributed by atoms with Crippen LogP contribution in [0.1, 0.15) is 66.9 Å². The van der Waals surface area contributed by atoms with Gasteiger partial charge in [-0.2, -0.15) is 5.26 Å². The number of nitriles is 1. The Labute approximate surface area is 218 Å². The van der Waals surface area contributed by atoms with E-state index in [-0.39, 0.29) is 29.1 Å². The topological polar surface area (TPSA) is 79.3 Å². The number of benzene rings is 2. The molecule has 4 atom stereocenters. The molecule has 0 saturated heterocycles. The number of rotatable bonds is 6. The van der Waals surface area contributed by atoms with Crippen molar-refractivity contribution in [3.63, 3.8) is 0 Å². The molecule has 186 valence electrons. The van der Waals surface area contributed by atoms with E-state index in [2.05, 4.69) is 5.16 Å². The maximum atomic E-state index is 14.9. The standard InChI is InChI=1S/C28H25Cl2FN2O3/c29-22-2-1-3-23(30)25(22)26-20(27(36-33-26)16-5-6-16)14-35-19-11-17-7-8-18(12-19)28(17,34)21-9-4-15(13-32)10-24(21)31/h1-4,9-10,16-19,34H,5-8,11-12,14H2/t17-,18?,19?,28?/m1/s1. The Morgan fingerprint density at radius 3 is 2.42 bits per heavy atom. The van der Waals surface area contributed by atoms with Crippen LogP contribution in [0.3, 0.4) is 0 Å². The number of hydrogen-bond donors (Lipinski definition) is 1. The second-order valence-corrected chi connectivity index (χ2v) is 11.1. The Bertz CT molecular complexity index is 1330. The molecule has 3 aromatic rings. The fourth-order valence-corrected chi connectivity index (χ4v) is 6.81. The van der Waals surface area contributed by atoms with Gasteiger partial charge in [0.25, 0.3) is 0 Å². The summed E-state index contributed by atoms with van der Waals surface area (Å²) >= 11 is 12.9. The van der Waals surface area contributed by atoms with Crippen LogP contribution in [0.5, 0.6) is 0 Å². The van der Waals surface area contributed by atoms with E-state index in [1.54, 1.807) is 30.3 Å². The first-order valence-electron chi connectivity index (χ1n) is 12.4. The largest absolute Gasteiger partial charge is 0.384 e. The van der Waals surface area contributed by atoms with Gasteiger partial charge in [0, 0.05) is 22.6 Å². The third-order valence-electron chi connectivity index (χ3n) is 8.16. The summed E-state index contributed by atoms with van der Waals surface area (Å²) in [5, 5.41) is 26.1. The zero-order valence-electron chi connectivity index (χ0n) is 19.5. The van der Waals surface area contributed by atoms with Crippen LogP contribution >= 0.6 is 23.2 Å². The van der Waals surface area contributed by atoms with E-state index < -0.39 is 11.4 Å². The second-order valence-electron chi connectivity index (χ2n) is 10.3.